The Hall–Kier alpha value is -1.92. The molecule has 6 nitrogen and oxygen atoms in total. The summed E-state index contributed by atoms with van der Waals surface area (Å²) in [6.07, 6.45) is 2.15. The van der Waals surface area contributed by atoms with E-state index in [9.17, 15) is 9.59 Å². The topological polar surface area (TPSA) is 59.1 Å². The molecule has 0 aliphatic carbocycles. The van der Waals surface area contributed by atoms with Gasteiger partial charge in [0.15, 0.2) is 0 Å². The maximum absolute atomic E-state index is 12.4. The van der Waals surface area contributed by atoms with Crippen LogP contribution in [-0.4, -0.2) is 67.2 Å². The fourth-order valence-corrected chi connectivity index (χ4v) is 3.61. The molecule has 2 aliphatic rings. The van der Waals surface area contributed by atoms with Crippen LogP contribution in [0.25, 0.3) is 0 Å². The molecule has 2 aliphatic heterocycles. The third-order valence-corrected chi connectivity index (χ3v) is 4.88. The fraction of sp³-hybridized carbons (Fsp3) is 0.600. The smallest absolute Gasteiger partial charge is 0.249 e. The summed E-state index contributed by atoms with van der Waals surface area (Å²) >= 11 is 0. The van der Waals surface area contributed by atoms with Crippen molar-refractivity contribution in [2.45, 2.75) is 39.3 Å². The summed E-state index contributed by atoms with van der Waals surface area (Å²) in [7, 11) is 0. The molecule has 1 atom stereocenters. The highest BCUT2D eigenvalue weighted by molar-refractivity contribution is 5.86. The number of hydrogen-bond acceptors (Lipinski definition) is 4. The molecule has 1 aromatic rings. The Bertz CT molecular complexity index is 635. The predicted octanol–water partition coefficient (Wildman–Crippen LogP) is 1.67. The zero-order chi connectivity index (χ0) is 18.5. The maximum Gasteiger partial charge on any atom is 0.249 e. The van der Waals surface area contributed by atoms with Crippen LogP contribution in [0.1, 0.15) is 29.5 Å². The van der Waals surface area contributed by atoms with E-state index in [0.29, 0.717) is 26.2 Å². The quantitative estimate of drug-likeness (QED) is 0.774. The molecule has 0 N–H and O–H groups in total. The van der Waals surface area contributed by atoms with Gasteiger partial charge in [-0.15, -0.1) is 0 Å². The van der Waals surface area contributed by atoms with Crippen molar-refractivity contribution in [1.29, 1.82) is 0 Å². The number of hydrogen-bond donors (Lipinski definition) is 0. The van der Waals surface area contributed by atoms with Gasteiger partial charge in [0.2, 0.25) is 11.8 Å². The number of benzene rings is 1. The monoisotopic (exact) mass is 360 g/mol. The molecule has 0 saturated carbocycles. The van der Waals surface area contributed by atoms with Gasteiger partial charge in [0.05, 0.1) is 19.3 Å². The van der Waals surface area contributed by atoms with Crippen molar-refractivity contribution in [3.63, 3.8) is 0 Å². The van der Waals surface area contributed by atoms with Crippen molar-refractivity contribution < 1.29 is 19.1 Å². The molecular formula is C20H28N2O4. The Morgan fingerprint density at radius 2 is 2.00 bits per heavy atom. The van der Waals surface area contributed by atoms with Crippen LogP contribution < -0.4 is 0 Å². The average Bonchev–Trinajstić information content (AvgIpc) is 3.09. The Kier molecular flexibility index (Phi) is 6.27. The van der Waals surface area contributed by atoms with Gasteiger partial charge in [0.1, 0.15) is 6.61 Å². The van der Waals surface area contributed by atoms with E-state index in [1.165, 1.54) is 11.1 Å². The van der Waals surface area contributed by atoms with Crippen LogP contribution in [-0.2, 0) is 25.6 Å². The van der Waals surface area contributed by atoms with E-state index in [-0.39, 0.29) is 31.1 Å². The van der Waals surface area contributed by atoms with Crippen molar-refractivity contribution in [3.8, 4) is 0 Å². The van der Waals surface area contributed by atoms with Gasteiger partial charge in [-0.1, -0.05) is 29.3 Å². The third kappa shape index (κ3) is 5.05. The van der Waals surface area contributed by atoms with Gasteiger partial charge in [-0.3, -0.25) is 9.59 Å². The van der Waals surface area contributed by atoms with Gasteiger partial charge in [-0.05, 0) is 32.3 Å². The molecule has 2 heterocycles. The Balaban J connectivity index is 1.45. The highest BCUT2D eigenvalue weighted by atomic mass is 16.5. The zero-order valence-electron chi connectivity index (χ0n) is 15.7. The number of piperazine rings is 1. The zero-order valence-corrected chi connectivity index (χ0v) is 15.7. The van der Waals surface area contributed by atoms with E-state index in [1.807, 2.05) is 4.90 Å². The molecule has 2 amide bonds. The van der Waals surface area contributed by atoms with E-state index in [4.69, 9.17) is 9.47 Å². The number of nitrogens with zero attached hydrogens (tertiary/aromatic N) is 2. The van der Waals surface area contributed by atoms with Crippen LogP contribution in [0, 0.1) is 13.8 Å². The third-order valence-electron chi connectivity index (χ3n) is 4.88. The van der Waals surface area contributed by atoms with Gasteiger partial charge in [0, 0.05) is 26.2 Å². The fourth-order valence-electron chi connectivity index (χ4n) is 3.61. The number of rotatable bonds is 6. The molecule has 2 fully saturated rings. The summed E-state index contributed by atoms with van der Waals surface area (Å²) in [5, 5.41) is 0. The molecule has 142 valence electrons. The van der Waals surface area contributed by atoms with Crippen molar-refractivity contribution in [1.82, 2.24) is 9.80 Å². The lowest BCUT2D eigenvalue weighted by molar-refractivity contribution is -0.148. The first kappa shape index (κ1) is 18.9. The first-order chi connectivity index (χ1) is 12.5. The molecule has 3 rings (SSSR count). The summed E-state index contributed by atoms with van der Waals surface area (Å²) in [5.74, 6) is -0.134. The SMILES string of the molecule is Cc1cc(C)cc(CN2CCN(C(=O)COC[C@@H]3CCCO3)CC2=O)c1. The van der Waals surface area contributed by atoms with E-state index < -0.39 is 0 Å². The van der Waals surface area contributed by atoms with Crippen molar-refractivity contribution in [2.75, 3.05) is 39.5 Å². The van der Waals surface area contributed by atoms with Crippen LogP contribution in [0.15, 0.2) is 18.2 Å². The van der Waals surface area contributed by atoms with Crippen LogP contribution in [0.2, 0.25) is 0 Å². The lowest BCUT2D eigenvalue weighted by Gasteiger charge is -2.34. The minimum Gasteiger partial charge on any atom is -0.376 e. The number of ether oxygens (including phenoxy) is 2. The highest BCUT2D eigenvalue weighted by Crippen LogP contribution is 2.14. The van der Waals surface area contributed by atoms with Crippen LogP contribution in [0.5, 0.6) is 0 Å². The molecular weight excluding hydrogens is 332 g/mol. The molecule has 26 heavy (non-hydrogen) atoms. The minimum atomic E-state index is -0.123. The van der Waals surface area contributed by atoms with E-state index in [0.717, 1.165) is 25.0 Å². The number of aryl methyl sites for hydroxylation is 2. The standard InChI is InChI=1S/C20H28N2O4/c1-15-8-16(2)10-17(9-15)11-21-5-6-22(12-19(21)23)20(24)14-25-13-18-4-3-7-26-18/h8-10,18H,3-7,11-14H2,1-2H3/t18-/m0/s1. The molecule has 2 saturated heterocycles. The largest absolute Gasteiger partial charge is 0.376 e. The van der Waals surface area contributed by atoms with E-state index in [2.05, 4.69) is 32.0 Å². The predicted molar refractivity (Wildman–Crippen MR) is 97.7 cm³/mol. The maximum atomic E-state index is 12.4. The molecule has 0 aromatic heterocycles. The van der Waals surface area contributed by atoms with Gasteiger partial charge in [-0.2, -0.15) is 0 Å². The van der Waals surface area contributed by atoms with E-state index >= 15 is 0 Å². The highest BCUT2D eigenvalue weighted by Gasteiger charge is 2.27. The Morgan fingerprint density at radius 1 is 1.23 bits per heavy atom. The van der Waals surface area contributed by atoms with Crippen molar-refractivity contribution >= 4 is 11.8 Å². The number of carbonyl (C=O) groups is 2. The van der Waals surface area contributed by atoms with Crippen LogP contribution >= 0.6 is 0 Å². The summed E-state index contributed by atoms with van der Waals surface area (Å²) in [6.45, 7) is 7.21. The van der Waals surface area contributed by atoms with Gasteiger partial charge >= 0.3 is 0 Å². The molecule has 1 aromatic carbocycles. The van der Waals surface area contributed by atoms with Crippen LogP contribution in [0.4, 0.5) is 0 Å². The second-order valence-corrected chi connectivity index (χ2v) is 7.28. The summed E-state index contributed by atoms with van der Waals surface area (Å²) in [6, 6.07) is 6.34. The van der Waals surface area contributed by atoms with Crippen molar-refractivity contribution in [3.05, 3.63) is 34.9 Å². The number of amides is 2. The molecule has 0 unspecified atom stereocenters. The second-order valence-electron chi connectivity index (χ2n) is 7.28. The lowest BCUT2D eigenvalue weighted by Crippen LogP contribution is -2.52. The summed E-state index contributed by atoms with van der Waals surface area (Å²) < 4.78 is 10.9. The van der Waals surface area contributed by atoms with Crippen LogP contribution in [0.3, 0.4) is 0 Å². The normalized spacial score (nSPS) is 20.7. The van der Waals surface area contributed by atoms with Gasteiger partial charge in [0.25, 0.3) is 0 Å². The first-order valence-corrected chi connectivity index (χ1v) is 9.33. The minimum absolute atomic E-state index is 0.0112. The number of carbonyl (C=O) groups excluding carboxylic acids is 2. The molecule has 0 radical (unpaired) electrons. The second kappa shape index (κ2) is 8.64. The summed E-state index contributed by atoms with van der Waals surface area (Å²) in [4.78, 5) is 28.1. The molecule has 6 heteroatoms. The van der Waals surface area contributed by atoms with E-state index in [1.54, 1.807) is 4.90 Å². The molecule has 0 bridgehead atoms. The van der Waals surface area contributed by atoms with Gasteiger partial charge < -0.3 is 19.3 Å². The summed E-state index contributed by atoms with van der Waals surface area (Å²) in [5.41, 5.74) is 3.53. The average molecular weight is 360 g/mol. The molecule has 0 spiro atoms. The Labute approximate surface area is 155 Å². The van der Waals surface area contributed by atoms with Gasteiger partial charge in [-0.25, -0.2) is 0 Å². The van der Waals surface area contributed by atoms with Crippen molar-refractivity contribution in [2.24, 2.45) is 0 Å². The first-order valence-electron chi connectivity index (χ1n) is 9.33. The Morgan fingerprint density at radius 3 is 2.65 bits per heavy atom. The lowest BCUT2D eigenvalue weighted by atomic mass is 10.1.